The van der Waals surface area contributed by atoms with E-state index >= 15 is 4.39 Å². The number of hydrogen-bond donors (Lipinski definition) is 4. The molecule has 232 valence electrons. The van der Waals surface area contributed by atoms with Crippen molar-refractivity contribution in [2.75, 3.05) is 25.0 Å². The van der Waals surface area contributed by atoms with Crippen LogP contribution in [-0.2, 0) is 10.2 Å². The van der Waals surface area contributed by atoms with Crippen molar-refractivity contribution in [1.82, 2.24) is 15.5 Å². The van der Waals surface area contributed by atoms with Gasteiger partial charge in [-0.05, 0) is 86.1 Å². The molecule has 43 heavy (non-hydrogen) atoms. The number of β-amino-alcohol motifs (C(OH)–C–C–N with tert-alkyl or cyclic N) is 1. The highest BCUT2D eigenvalue weighted by atomic mass is 35.5. The molecule has 3 aliphatic heterocycles. The number of carbonyl (C=O) groups excluding carboxylic acids is 1. The molecule has 3 atom stereocenters. The maximum Gasteiger partial charge on any atom is 0.238 e. The van der Waals surface area contributed by atoms with Crippen molar-refractivity contribution in [3.05, 3.63) is 63.4 Å². The summed E-state index contributed by atoms with van der Waals surface area (Å²) in [7, 11) is 0. The van der Waals surface area contributed by atoms with Crippen LogP contribution < -0.4 is 16.0 Å². The molecular formula is C34H43Cl2FN4O2. The second kappa shape index (κ2) is 10.9. The number of aliphatic hydroxyl groups excluding tert-OH is 1. The van der Waals surface area contributed by atoms with E-state index in [-0.39, 0.29) is 28.5 Å². The van der Waals surface area contributed by atoms with Crippen LogP contribution in [0.4, 0.5) is 10.1 Å². The van der Waals surface area contributed by atoms with E-state index in [9.17, 15) is 9.90 Å². The lowest BCUT2D eigenvalue weighted by Crippen LogP contribution is -2.60. The van der Waals surface area contributed by atoms with Crippen LogP contribution >= 0.6 is 23.2 Å². The Morgan fingerprint density at radius 2 is 1.77 bits per heavy atom. The monoisotopic (exact) mass is 628 g/mol. The van der Waals surface area contributed by atoms with Crippen molar-refractivity contribution in [3.63, 3.8) is 0 Å². The van der Waals surface area contributed by atoms with Gasteiger partial charge in [-0.2, -0.15) is 0 Å². The Labute approximate surface area is 264 Å². The average Bonchev–Trinajstić information content (AvgIpc) is 3.47. The van der Waals surface area contributed by atoms with Crippen LogP contribution in [0.2, 0.25) is 10.0 Å². The van der Waals surface area contributed by atoms with E-state index in [0.717, 1.165) is 75.7 Å². The molecule has 2 aliphatic carbocycles. The largest absolute Gasteiger partial charge is 0.390 e. The predicted octanol–water partition coefficient (Wildman–Crippen LogP) is 5.99. The van der Waals surface area contributed by atoms with Gasteiger partial charge in [0.25, 0.3) is 0 Å². The summed E-state index contributed by atoms with van der Waals surface area (Å²) in [6.45, 7) is 6.73. The van der Waals surface area contributed by atoms with Gasteiger partial charge in [0.2, 0.25) is 5.91 Å². The fourth-order valence-electron chi connectivity index (χ4n) is 9.21. The molecule has 2 aromatic rings. The number of amides is 1. The number of halogens is 3. The summed E-state index contributed by atoms with van der Waals surface area (Å²) in [6, 6.07) is 11.1. The first kappa shape index (κ1) is 29.8. The van der Waals surface area contributed by atoms with Crippen LogP contribution in [0.5, 0.6) is 0 Å². The van der Waals surface area contributed by atoms with Crippen LogP contribution in [-0.4, -0.2) is 65.3 Å². The van der Waals surface area contributed by atoms with Crippen molar-refractivity contribution in [2.24, 2.45) is 5.41 Å². The molecule has 0 radical (unpaired) electrons. The first-order chi connectivity index (χ1) is 20.5. The molecule has 2 aromatic carbocycles. The van der Waals surface area contributed by atoms with E-state index in [1.54, 1.807) is 12.1 Å². The van der Waals surface area contributed by atoms with Crippen LogP contribution in [0.1, 0.15) is 82.3 Å². The van der Waals surface area contributed by atoms with Gasteiger partial charge in [0.05, 0.1) is 17.2 Å². The third-order valence-corrected chi connectivity index (χ3v) is 12.2. The lowest BCUT2D eigenvalue weighted by atomic mass is 9.53. The van der Waals surface area contributed by atoms with Gasteiger partial charge in [-0.3, -0.25) is 15.0 Å². The quantitative estimate of drug-likeness (QED) is 0.334. The second-order valence-electron chi connectivity index (χ2n) is 14.6. The Hall–Kier alpha value is -1.90. The summed E-state index contributed by atoms with van der Waals surface area (Å²) < 4.78 is 16.1. The van der Waals surface area contributed by atoms with Crippen molar-refractivity contribution >= 4 is 34.8 Å². The molecule has 1 amide bonds. The lowest BCUT2D eigenvalue weighted by molar-refractivity contribution is -0.124. The number of nitrogens with one attached hydrogen (secondary N) is 3. The molecule has 9 heteroatoms. The number of rotatable bonds is 4. The molecule has 6 nitrogen and oxygen atoms in total. The van der Waals surface area contributed by atoms with E-state index in [1.807, 2.05) is 18.2 Å². The van der Waals surface area contributed by atoms with Gasteiger partial charge in [0, 0.05) is 59.3 Å². The fraction of sp³-hybridized carbons (Fsp3) is 0.618. The van der Waals surface area contributed by atoms with E-state index in [1.165, 1.54) is 0 Å². The molecule has 2 spiro atoms. The molecule has 7 rings (SSSR count). The zero-order valence-corrected chi connectivity index (χ0v) is 26.6. The molecule has 3 heterocycles. The summed E-state index contributed by atoms with van der Waals surface area (Å²) >= 11 is 12.9. The maximum absolute atomic E-state index is 16.1. The molecule has 0 unspecified atom stereocenters. The number of nitrogens with zero attached hydrogens (tertiary/aromatic N) is 1. The van der Waals surface area contributed by atoms with Gasteiger partial charge in [-0.25, -0.2) is 4.39 Å². The normalized spacial score (nSPS) is 33.3. The summed E-state index contributed by atoms with van der Waals surface area (Å²) in [6.07, 6.45) is 7.41. The molecule has 2 saturated carbocycles. The SMILES string of the molecule is CC1(C)CCC2(CC1)N[C@@H](C(=O)NC1CCC(N3CC(O)C3)CC1)[C@H](c1cccc(Cl)c1F)[C@]21CNc2cc(Cl)ccc21. The first-order valence-corrected chi connectivity index (χ1v) is 16.8. The van der Waals surface area contributed by atoms with Gasteiger partial charge < -0.3 is 15.7 Å². The van der Waals surface area contributed by atoms with Crippen molar-refractivity contribution in [3.8, 4) is 0 Å². The highest BCUT2D eigenvalue weighted by Crippen LogP contribution is 2.63. The number of aliphatic hydroxyl groups is 1. The topological polar surface area (TPSA) is 76.6 Å². The Kier molecular flexibility index (Phi) is 7.53. The first-order valence-electron chi connectivity index (χ1n) is 16.0. The van der Waals surface area contributed by atoms with Gasteiger partial charge in [0.15, 0.2) is 0 Å². The Morgan fingerprint density at radius 1 is 1.05 bits per heavy atom. The van der Waals surface area contributed by atoms with Crippen molar-refractivity contribution in [2.45, 2.75) is 106 Å². The van der Waals surface area contributed by atoms with Crippen molar-refractivity contribution in [1.29, 1.82) is 0 Å². The molecular weight excluding hydrogens is 586 g/mol. The summed E-state index contributed by atoms with van der Waals surface area (Å²) in [5, 5.41) is 21.5. The minimum absolute atomic E-state index is 0.0595. The number of likely N-dealkylation sites (tertiary alicyclic amines) is 1. The van der Waals surface area contributed by atoms with Gasteiger partial charge in [-0.1, -0.05) is 55.2 Å². The van der Waals surface area contributed by atoms with E-state index in [2.05, 4.69) is 40.8 Å². The average molecular weight is 630 g/mol. The Bertz CT molecular complexity index is 1400. The number of anilines is 1. The van der Waals surface area contributed by atoms with Crippen molar-refractivity contribution < 1.29 is 14.3 Å². The number of fused-ring (bicyclic) bond motifs is 3. The molecule has 2 saturated heterocycles. The Balaban J connectivity index is 1.26. The summed E-state index contributed by atoms with van der Waals surface area (Å²) in [4.78, 5) is 16.8. The highest BCUT2D eigenvalue weighted by Gasteiger charge is 2.69. The van der Waals surface area contributed by atoms with Crippen LogP contribution in [0.25, 0.3) is 0 Å². The van der Waals surface area contributed by atoms with Crippen LogP contribution in [0.15, 0.2) is 36.4 Å². The Morgan fingerprint density at radius 3 is 2.47 bits per heavy atom. The molecule has 0 aromatic heterocycles. The predicted molar refractivity (Wildman–Crippen MR) is 169 cm³/mol. The van der Waals surface area contributed by atoms with Gasteiger partial charge in [-0.15, -0.1) is 0 Å². The van der Waals surface area contributed by atoms with E-state index in [4.69, 9.17) is 23.2 Å². The summed E-state index contributed by atoms with van der Waals surface area (Å²) in [5.41, 5.74) is 1.76. The zero-order chi connectivity index (χ0) is 30.1. The lowest BCUT2D eigenvalue weighted by Gasteiger charge is -2.51. The smallest absolute Gasteiger partial charge is 0.238 e. The standard InChI is InChI=1S/C34H43Cl2FN4O2/c1-32(2)12-14-33(15-13-32)34(19-38-27-16-20(35)6-11-25(27)34)28(24-4-3-5-26(36)29(24)37)30(40-33)31(43)39-21-7-9-22(10-8-21)41-17-23(42)18-41/h3-6,11,16,21-23,28,30,38,40,42H,7-10,12-15,17-19H2,1-2H3,(H,39,43)/t21?,22?,28-,30+,34+/m0/s1. The van der Waals surface area contributed by atoms with Crippen LogP contribution in [0, 0.1) is 11.2 Å². The minimum atomic E-state index is -0.624. The second-order valence-corrected chi connectivity index (χ2v) is 15.5. The summed E-state index contributed by atoms with van der Waals surface area (Å²) in [5.74, 6) is -0.974. The number of hydrogen-bond acceptors (Lipinski definition) is 5. The highest BCUT2D eigenvalue weighted by molar-refractivity contribution is 6.31. The molecule has 5 aliphatic rings. The van der Waals surface area contributed by atoms with Gasteiger partial charge >= 0.3 is 0 Å². The van der Waals surface area contributed by atoms with E-state index in [0.29, 0.717) is 23.2 Å². The fourth-order valence-corrected chi connectivity index (χ4v) is 9.56. The number of benzene rings is 2. The van der Waals surface area contributed by atoms with Crippen LogP contribution in [0.3, 0.4) is 0 Å². The molecule has 0 bridgehead atoms. The minimum Gasteiger partial charge on any atom is -0.390 e. The molecule has 4 fully saturated rings. The molecule has 4 N–H and O–H groups in total. The maximum atomic E-state index is 16.1. The third-order valence-electron chi connectivity index (χ3n) is 11.7. The van der Waals surface area contributed by atoms with Gasteiger partial charge in [0.1, 0.15) is 5.82 Å². The zero-order valence-electron chi connectivity index (χ0n) is 25.1. The number of carbonyl (C=O) groups is 1. The van der Waals surface area contributed by atoms with E-state index < -0.39 is 28.7 Å². The third kappa shape index (κ3) is 4.89.